The molecule has 0 spiro atoms. The summed E-state index contributed by atoms with van der Waals surface area (Å²) in [6.07, 6.45) is -7.96. The van der Waals surface area contributed by atoms with Crippen LogP contribution in [0.1, 0.15) is 26.7 Å². The van der Waals surface area contributed by atoms with Gasteiger partial charge in [-0.3, -0.25) is 4.79 Å². The van der Waals surface area contributed by atoms with E-state index in [0.717, 1.165) is 0 Å². The van der Waals surface area contributed by atoms with Gasteiger partial charge in [0.15, 0.2) is 5.60 Å². The number of carbonyl (C=O) groups is 3. The topological polar surface area (TPSA) is 250 Å². The number of carbonyl (C=O) groups excluding carboxylic acids is 2. The molecule has 0 aliphatic heterocycles. The fourth-order valence-corrected chi connectivity index (χ4v) is 4.89. The first-order valence-electron chi connectivity index (χ1n) is 15.5. The number of aliphatic carboxylic acids is 1. The first-order valence-corrected chi connectivity index (χ1v) is 15.5. The summed E-state index contributed by atoms with van der Waals surface area (Å²) < 4.78 is 42.6. The van der Waals surface area contributed by atoms with Gasteiger partial charge in [-0.25, -0.2) is 9.59 Å². The first kappa shape index (κ1) is 42.8. The van der Waals surface area contributed by atoms with E-state index >= 15 is 0 Å². The Morgan fingerprint density at radius 2 is 1.47 bits per heavy atom. The second kappa shape index (κ2) is 24.0. The molecule has 1 aliphatic carbocycles. The van der Waals surface area contributed by atoms with Gasteiger partial charge in [0, 0.05) is 26.6 Å². The molecule has 0 saturated heterocycles. The van der Waals surface area contributed by atoms with Gasteiger partial charge in [-0.1, -0.05) is 0 Å². The van der Waals surface area contributed by atoms with Crippen LogP contribution in [0.4, 0.5) is 4.79 Å². The monoisotopic (exact) mass is 686 g/mol. The summed E-state index contributed by atoms with van der Waals surface area (Å²) in [5.74, 6) is -3.43. The minimum Gasteiger partial charge on any atom is -0.479 e. The highest BCUT2D eigenvalue weighted by molar-refractivity contribution is 5.82. The van der Waals surface area contributed by atoms with Crippen molar-refractivity contribution in [1.82, 2.24) is 10.6 Å². The van der Waals surface area contributed by atoms with Gasteiger partial charge in [0.05, 0.1) is 90.4 Å². The SMILES string of the molecule is COCCOCCOCC(COC(=O)NCC(=O)N[C@H]1C([C@H](O)[C@H](O)CO)C[C@](OC(C)C)(C(=O)O)C[C@H]1O)OCCOCCOC. The van der Waals surface area contributed by atoms with E-state index in [9.17, 15) is 39.9 Å². The standard InChI is InChI=1S/C29H54N2O16/c1-19(2)47-29(27(37)38)13-21(26(36)23(34)16-32)25(22(33)14-29)31-24(35)15-30-28(39)46-18-20(45-12-11-43-8-6-41-4)17-44-10-9-42-7-5-40-3/h19-23,25-26,32-34,36H,5-18H2,1-4H3,(H,30,39)(H,31,35)(H,37,38)/t20?,21?,22-,23-,25+,26+,29-/m1/s1. The number of aliphatic hydroxyl groups excluding tert-OH is 4. The quantitative estimate of drug-likeness (QED) is 0.0471. The van der Waals surface area contributed by atoms with E-state index in [1.165, 1.54) is 0 Å². The number of ether oxygens (including phenoxy) is 8. The molecule has 18 nitrogen and oxygen atoms in total. The van der Waals surface area contributed by atoms with Crippen molar-refractivity contribution in [3.63, 3.8) is 0 Å². The number of hydrogen-bond donors (Lipinski definition) is 7. The highest BCUT2D eigenvalue weighted by atomic mass is 16.6. The minimum absolute atomic E-state index is 0.0702. The van der Waals surface area contributed by atoms with Gasteiger partial charge in [0.25, 0.3) is 0 Å². The third-order valence-corrected chi connectivity index (χ3v) is 7.09. The molecule has 18 heteroatoms. The van der Waals surface area contributed by atoms with Gasteiger partial charge < -0.3 is 74.1 Å². The molecule has 47 heavy (non-hydrogen) atoms. The fraction of sp³-hybridized carbons (Fsp3) is 0.897. The summed E-state index contributed by atoms with van der Waals surface area (Å²) >= 11 is 0. The summed E-state index contributed by atoms with van der Waals surface area (Å²) in [5.41, 5.74) is -1.92. The summed E-state index contributed by atoms with van der Waals surface area (Å²) in [7, 11) is 3.12. The van der Waals surface area contributed by atoms with Crippen LogP contribution in [0.3, 0.4) is 0 Å². The molecular weight excluding hydrogens is 632 g/mol. The molecular formula is C29H54N2O16. The number of methoxy groups -OCH3 is 2. The largest absolute Gasteiger partial charge is 0.479 e. The normalized spacial score (nSPS) is 23.2. The Balaban J connectivity index is 2.72. The lowest BCUT2D eigenvalue weighted by Gasteiger charge is -2.47. The Bertz CT molecular complexity index is 883. The lowest BCUT2D eigenvalue weighted by atomic mass is 9.70. The molecule has 1 aliphatic rings. The van der Waals surface area contributed by atoms with Crippen molar-refractivity contribution in [3.05, 3.63) is 0 Å². The Morgan fingerprint density at radius 1 is 0.872 bits per heavy atom. The summed E-state index contributed by atoms with van der Waals surface area (Å²) in [4.78, 5) is 37.4. The van der Waals surface area contributed by atoms with Crippen molar-refractivity contribution < 1.29 is 77.8 Å². The average molecular weight is 687 g/mol. The van der Waals surface area contributed by atoms with Gasteiger partial charge in [0.2, 0.25) is 5.91 Å². The molecule has 0 aromatic rings. The molecule has 1 fully saturated rings. The Morgan fingerprint density at radius 3 is 2.04 bits per heavy atom. The van der Waals surface area contributed by atoms with E-state index < -0.39 is 92.0 Å². The van der Waals surface area contributed by atoms with Crippen molar-refractivity contribution in [1.29, 1.82) is 0 Å². The number of carboxylic acids is 1. The molecule has 2 amide bonds. The molecule has 276 valence electrons. The molecule has 2 unspecified atom stereocenters. The van der Waals surface area contributed by atoms with Crippen LogP contribution in [0.15, 0.2) is 0 Å². The molecule has 0 aromatic carbocycles. The fourth-order valence-electron chi connectivity index (χ4n) is 4.89. The zero-order chi connectivity index (χ0) is 35.2. The lowest BCUT2D eigenvalue weighted by molar-refractivity contribution is -0.198. The minimum atomic E-state index is -1.92. The van der Waals surface area contributed by atoms with Gasteiger partial charge in [-0.2, -0.15) is 0 Å². The van der Waals surface area contributed by atoms with Crippen LogP contribution >= 0.6 is 0 Å². The Hall–Kier alpha value is -2.23. The molecule has 7 N–H and O–H groups in total. The molecule has 0 heterocycles. The van der Waals surface area contributed by atoms with Crippen molar-refractivity contribution in [2.75, 3.05) is 93.4 Å². The van der Waals surface area contributed by atoms with E-state index in [2.05, 4.69) is 10.6 Å². The maximum absolute atomic E-state index is 12.8. The van der Waals surface area contributed by atoms with E-state index in [1.54, 1.807) is 28.1 Å². The van der Waals surface area contributed by atoms with Crippen LogP contribution < -0.4 is 10.6 Å². The second-order valence-corrected chi connectivity index (χ2v) is 11.2. The number of alkyl carbamates (subject to hydrolysis) is 1. The highest BCUT2D eigenvalue weighted by Gasteiger charge is 2.54. The summed E-state index contributed by atoms with van der Waals surface area (Å²) in [5, 5.41) is 55.8. The number of nitrogens with one attached hydrogen (secondary N) is 2. The maximum atomic E-state index is 12.8. The Labute approximate surface area is 274 Å². The van der Waals surface area contributed by atoms with E-state index in [1.807, 2.05) is 0 Å². The molecule has 1 rings (SSSR count). The van der Waals surface area contributed by atoms with E-state index in [0.29, 0.717) is 33.0 Å². The maximum Gasteiger partial charge on any atom is 0.407 e. The van der Waals surface area contributed by atoms with Gasteiger partial charge in [-0.15, -0.1) is 0 Å². The first-order chi connectivity index (χ1) is 22.4. The highest BCUT2D eigenvalue weighted by Crippen LogP contribution is 2.39. The van der Waals surface area contributed by atoms with Crippen LogP contribution in [0, 0.1) is 5.92 Å². The molecule has 1 saturated carbocycles. The predicted octanol–water partition coefficient (Wildman–Crippen LogP) is -2.34. The lowest BCUT2D eigenvalue weighted by Crippen LogP contribution is -2.64. The van der Waals surface area contributed by atoms with Crippen molar-refractivity contribution in [2.24, 2.45) is 5.92 Å². The van der Waals surface area contributed by atoms with Gasteiger partial charge >= 0.3 is 12.1 Å². The smallest absolute Gasteiger partial charge is 0.407 e. The molecule has 0 bridgehead atoms. The van der Waals surface area contributed by atoms with Crippen LogP contribution in [-0.4, -0.2) is 179 Å². The van der Waals surface area contributed by atoms with E-state index in [4.69, 9.17) is 37.9 Å². The summed E-state index contributed by atoms with van der Waals surface area (Å²) in [6.45, 7) is 4.29. The second-order valence-electron chi connectivity index (χ2n) is 11.2. The predicted molar refractivity (Wildman–Crippen MR) is 162 cm³/mol. The van der Waals surface area contributed by atoms with Crippen molar-refractivity contribution in [2.45, 2.75) is 68.9 Å². The van der Waals surface area contributed by atoms with Crippen LogP contribution in [0.2, 0.25) is 0 Å². The van der Waals surface area contributed by atoms with Crippen molar-refractivity contribution in [3.8, 4) is 0 Å². The third kappa shape index (κ3) is 16.6. The van der Waals surface area contributed by atoms with Crippen LogP contribution in [0.25, 0.3) is 0 Å². The number of aliphatic hydroxyl groups is 4. The van der Waals surface area contributed by atoms with Crippen molar-refractivity contribution >= 4 is 18.0 Å². The molecule has 0 aromatic heterocycles. The zero-order valence-electron chi connectivity index (χ0n) is 27.7. The summed E-state index contributed by atoms with van der Waals surface area (Å²) in [6, 6.07) is -1.25. The Kier molecular flexibility index (Phi) is 21.8. The average Bonchev–Trinajstić information content (AvgIpc) is 3.03. The van der Waals surface area contributed by atoms with Gasteiger partial charge in [-0.05, 0) is 20.3 Å². The third-order valence-electron chi connectivity index (χ3n) is 7.09. The molecule has 7 atom stereocenters. The number of rotatable bonds is 26. The number of hydrogen-bond acceptors (Lipinski definition) is 15. The van der Waals surface area contributed by atoms with Crippen LogP contribution in [0.5, 0.6) is 0 Å². The zero-order valence-corrected chi connectivity index (χ0v) is 27.7. The number of amides is 2. The van der Waals surface area contributed by atoms with Gasteiger partial charge in [0.1, 0.15) is 25.4 Å². The number of carboxylic acid groups (broad SMARTS) is 1. The van der Waals surface area contributed by atoms with E-state index in [-0.39, 0.29) is 33.0 Å². The molecule has 0 radical (unpaired) electrons. The van der Waals surface area contributed by atoms with Crippen LogP contribution in [-0.2, 0) is 47.5 Å².